The summed E-state index contributed by atoms with van der Waals surface area (Å²) in [7, 11) is -1.88. The summed E-state index contributed by atoms with van der Waals surface area (Å²) < 4.78 is 21.5. The van der Waals surface area contributed by atoms with Crippen molar-refractivity contribution in [2.24, 2.45) is 0 Å². The summed E-state index contributed by atoms with van der Waals surface area (Å²) in [5.41, 5.74) is 0. The van der Waals surface area contributed by atoms with E-state index in [1.165, 1.54) is 0 Å². The monoisotopic (exact) mass is 282 g/mol. The van der Waals surface area contributed by atoms with Crippen LogP contribution in [0.15, 0.2) is 48.1 Å². The van der Waals surface area contributed by atoms with E-state index < -0.39 is 28.0 Å². The zero-order valence-corrected chi connectivity index (χ0v) is 11.2. The van der Waals surface area contributed by atoms with Crippen molar-refractivity contribution >= 4 is 22.7 Å². The van der Waals surface area contributed by atoms with Gasteiger partial charge in [-0.1, -0.05) is 24.8 Å². The molecule has 1 aromatic rings. The second-order valence-corrected chi connectivity index (χ2v) is 4.88. The first-order valence-electron chi connectivity index (χ1n) is 5.55. The second-order valence-electron chi connectivity index (χ2n) is 3.35. The van der Waals surface area contributed by atoms with Crippen LogP contribution in [-0.2, 0) is 29.9 Å². The topological polar surface area (TPSA) is 69.7 Å². The molecule has 0 aliphatic heterocycles. The molecule has 0 aromatic heterocycles. The lowest BCUT2D eigenvalue weighted by Crippen LogP contribution is -2.36. The third-order valence-corrected chi connectivity index (χ3v) is 3.65. The number of carbonyl (C=O) groups is 2. The molecule has 0 amide bonds. The number of carbonyl (C=O) groups excluding carboxylic acids is 2. The highest BCUT2D eigenvalue weighted by molar-refractivity contribution is 7.87. The van der Waals surface area contributed by atoms with E-state index in [0.717, 1.165) is 6.26 Å². The Balaban J connectivity index is 3.02. The molecule has 2 unspecified atom stereocenters. The van der Waals surface area contributed by atoms with E-state index in [1.54, 1.807) is 37.3 Å². The van der Waals surface area contributed by atoms with Crippen molar-refractivity contribution in [3.8, 4) is 0 Å². The molecule has 1 aromatic carbocycles. The normalized spacial score (nSPS) is 13.1. The molecule has 0 aliphatic carbocycles. The molecule has 0 radical (unpaired) electrons. The van der Waals surface area contributed by atoms with Gasteiger partial charge in [0.05, 0.1) is 23.7 Å². The van der Waals surface area contributed by atoms with Crippen molar-refractivity contribution in [2.45, 2.75) is 17.1 Å². The fraction of sp³-hybridized carbons (Fsp3) is 0.231. The number of hydrogen-bond donors (Lipinski definition) is 0. The third-order valence-electron chi connectivity index (χ3n) is 2.10. The molecule has 0 saturated heterocycles. The number of ether oxygens (including phenoxy) is 2. The Kier molecular flexibility index (Phi) is 5.95. The molecule has 1 rings (SSSR count). The number of rotatable bonds is 6. The molecule has 5 nitrogen and oxygen atoms in total. The molecule has 0 bridgehead atoms. The summed E-state index contributed by atoms with van der Waals surface area (Å²) >= 11 is 0. The smallest absolute Gasteiger partial charge is 0.338 e. The van der Waals surface area contributed by atoms with Gasteiger partial charge in [0.1, 0.15) is 0 Å². The molecular formula is C13H14O5S. The first-order chi connectivity index (χ1) is 9.11. The van der Waals surface area contributed by atoms with Crippen LogP contribution in [0.3, 0.4) is 0 Å². The lowest BCUT2D eigenvalue weighted by atomic mass is 10.4. The van der Waals surface area contributed by atoms with Gasteiger partial charge >= 0.3 is 11.9 Å². The second kappa shape index (κ2) is 7.48. The Bertz CT molecular complexity index is 483. The zero-order chi connectivity index (χ0) is 14.3. The largest absolute Gasteiger partial charge is 0.465 e. The van der Waals surface area contributed by atoms with Crippen LogP contribution in [0, 0.1) is 0 Å². The van der Waals surface area contributed by atoms with Gasteiger partial charge in [0.2, 0.25) is 5.25 Å². The van der Waals surface area contributed by atoms with Gasteiger partial charge in [-0.25, -0.2) is 4.79 Å². The van der Waals surface area contributed by atoms with Gasteiger partial charge in [0.15, 0.2) is 0 Å². The average Bonchev–Trinajstić information content (AvgIpc) is 2.40. The van der Waals surface area contributed by atoms with Gasteiger partial charge in [-0.15, -0.1) is 0 Å². The van der Waals surface area contributed by atoms with Crippen LogP contribution in [-0.4, -0.2) is 28.0 Å². The van der Waals surface area contributed by atoms with E-state index in [4.69, 9.17) is 4.74 Å². The van der Waals surface area contributed by atoms with Gasteiger partial charge in [-0.2, -0.15) is 0 Å². The van der Waals surface area contributed by atoms with Crippen LogP contribution in [0.1, 0.15) is 6.92 Å². The molecule has 0 N–H and O–H groups in total. The summed E-state index contributed by atoms with van der Waals surface area (Å²) in [6.45, 7) is 4.91. The van der Waals surface area contributed by atoms with Gasteiger partial charge < -0.3 is 9.47 Å². The fourth-order valence-electron chi connectivity index (χ4n) is 1.32. The molecule has 0 fully saturated rings. The highest BCUT2D eigenvalue weighted by Crippen LogP contribution is 2.14. The molecule has 0 spiro atoms. The van der Waals surface area contributed by atoms with Crippen LogP contribution in [0.25, 0.3) is 0 Å². The minimum Gasteiger partial charge on any atom is -0.465 e. The predicted octanol–water partition coefficient (Wildman–Crippen LogP) is 1.41. The summed E-state index contributed by atoms with van der Waals surface area (Å²) in [6.07, 6.45) is 0.886. The van der Waals surface area contributed by atoms with Crippen LogP contribution in [0.4, 0.5) is 0 Å². The van der Waals surface area contributed by atoms with E-state index in [-0.39, 0.29) is 6.61 Å². The van der Waals surface area contributed by atoms with Gasteiger partial charge in [-0.3, -0.25) is 9.00 Å². The maximum absolute atomic E-state index is 12.3. The van der Waals surface area contributed by atoms with Crippen molar-refractivity contribution in [1.82, 2.24) is 0 Å². The van der Waals surface area contributed by atoms with E-state index >= 15 is 0 Å². The molecule has 2 atom stereocenters. The summed E-state index contributed by atoms with van der Waals surface area (Å²) in [5, 5.41) is -1.51. The molecule has 102 valence electrons. The maximum atomic E-state index is 12.3. The van der Waals surface area contributed by atoms with Crippen LogP contribution in [0.5, 0.6) is 0 Å². The Labute approximate surface area is 113 Å². The predicted molar refractivity (Wildman–Crippen MR) is 69.6 cm³/mol. The average molecular weight is 282 g/mol. The fourth-order valence-corrected chi connectivity index (χ4v) is 2.49. The quantitative estimate of drug-likeness (QED) is 0.448. The molecular weight excluding hydrogens is 268 g/mol. The van der Waals surface area contributed by atoms with E-state index in [1.807, 2.05) is 0 Å². The summed E-state index contributed by atoms with van der Waals surface area (Å²) in [5.74, 6) is -1.83. The third kappa shape index (κ3) is 4.03. The highest BCUT2D eigenvalue weighted by atomic mass is 32.2. The zero-order valence-electron chi connectivity index (χ0n) is 10.4. The highest BCUT2D eigenvalue weighted by Gasteiger charge is 2.36. The van der Waals surface area contributed by atoms with E-state index in [0.29, 0.717) is 4.90 Å². The van der Waals surface area contributed by atoms with Gasteiger partial charge in [0.25, 0.3) is 0 Å². The van der Waals surface area contributed by atoms with Crippen LogP contribution < -0.4 is 0 Å². The Morgan fingerprint density at radius 1 is 1.32 bits per heavy atom. The SMILES string of the molecule is C=COC(=O)C(C(=O)OCC)S(=O)c1ccccc1. The lowest BCUT2D eigenvalue weighted by Gasteiger charge is -2.13. The summed E-state index contributed by atoms with van der Waals surface area (Å²) in [4.78, 5) is 23.8. The number of esters is 2. The minimum atomic E-state index is -1.88. The molecule has 0 saturated carbocycles. The van der Waals surface area contributed by atoms with Crippen molar-refractivity contribution < 1.29 is 23.3 Å². The maximum Gasteiger partial charge on any atom is 0.338 e. The molecule has 0 aliphatic rings. The minimum absolute atomic E-state index is 0.0860. The van der Waals surface area contributed by atoms with Crippen molar-refractivity contribution in [1.29, 1.82) is 0 Å². The first kappa shape index (κ1) is 15.1. The molecule has 19 heavy (non-hydrogen) atoms. The number of benzene rings is 1. The Morgan fingerprint density at radius 2 is 1.95 bits per heavy atom. The molecule has 0 heterocycles. The van der Waals surface area contributed by atoms with Crippen molar-refractivity contribution in [3.05, 3.63) is 43.2 Å². The van der Waals surface area contributed by atoms with Crippen molar-refractivity contribution in [3.63, 3.8) is 0 Å². The van der Waals surface area contributed by atoms with E-state index in [2.05, 4.69) is 11.3 Å². The first-order valence-corrected chi connectivity index (χ1v) is 6.76. The van der Waals surface area contributed by atoms with Crippen LogP contribution in [0.2, 0.25) is 0 Å². The molecule has 6 heteroatoms. The summed E-state index contributed by atoms with van der Waals surface area (Å²) in [6, 6.07) is 8.18. The van der Waals surface area contributed by atoms with Gasteiger partial charge in [-0.05, 0) is 19.1 Å². The van der Waals surface area contributed by atoms with Gasteiger partial charge in [0, 0.05) is 4.90 Å². The Hall–Kier alpha value is -1.95. The standard InChI is InChI=1S/C13H14O5S/c1-3-17-12(14)11(13(15)18-4-2)19(16)10-8-6-5-7-9-10/h3,5-9,11H,1,4H2,2H3. The number of hydrogen-bond acceptors (Lipinski definition) is 5. The lowest BCUT2D eigenvalue weighted by molar-refractivity contribution is -0.150. The van der Waals surface area contributed by atoms with E-state index in [9.17, 15) is 13.8 Å². The van der Waals surface area contributed by atoms with Crippen LogP contribution >= 0.6 is 0 Å². The van der Waals surface area contributed by atoms with Crippen molar-refractivity contribution in [2.75, 3.05) is 6.61 Å². The Morgan fingerprint density at radius 3 is 2.47 bits per heavy atom.